The van der Waals surface area contributed by atoms with Gasteiger partial charge in [0.25, 0.3) is 0 Å². The molecule has 0 aliphatic heterocycles. The summed E-state index contributed by atoms with van der Waals surface area (Å²) in [6, 6.07) is 0. The monoisotopic (exact) mass is 206 g/mol. The van der Waals surface area contributed by atoms with Gasteiger partial charge in [-0.15, -0.1) is 0 Å². The summed E-state index contributed by atoms with van der Waals surface area (Å²) < 4.78 is 11.5. The lowest BCUT2D eigenvalue weighted by molar-refractivity contribution is -0.136. The highest BCUT2D eigenvalue weighted by Gasteiger charge is 2.16. The molecule has 0 aromatic rings. The molecule has 0 aliphatic rings. The molecule has 4 heteroatoms. The fraction of sp³-hybridized carbons (Fsp3) is 0.889. The fourth-order valence-corrected chi connectivity index (χ4v) is 2.35. The first-order valence-electron chi connectivity index (χ1n) is 4.56. The van der Waals surface area contributed by atoms with Gasteiger partial charge in [-0.3, -0.25) is 9.00 Å². The largest absolute Gasteiger partial charge is 0.481 e. The van der Waals surface area contributed by atoms with E-state index in [-0.39, 0.29) is 11.7 Å². The number of aliphatic carboxylic acids is 1. The summed E-state index contributed by atoms with van der Waals surface area (Å²) in [5.41, 5.74) is 0. The summed E-state index contributed by atoms with van der Waals surface area (Å²) in [7, 11) is -0.996. The van der Waals surface area contributed by atoms with Gasteiger partial charge >= 0.3 is 5.97 Å². The molecule has 3 atom stereocenters. The molecule has 0 fully saturated rings. The van der Waals surface area contributed by atoms with Gasteiger partial charge in [0, 0.05) is 21.8 Å². The zero-order valence-corrected chi connectivity index (χ0v) is 9.26. The maximum Gasteiger partial charge on any atom is 0.304 e. The number of rotatable bonds is 6. The van der Waals surface area contributed by atoms with E-state index in [9.17, 15) is 9.00 Å². The average Bonchev–Trinajstić information content (AvgIpc) is 2.02. The molecule has 3 nitrogen and oxygen atoms in total. The van der Waals surface area contributed by atoms with Gasteiger partial charge in [-0.05, 0) is 5.92 Å². The topological polar surface area (TPSA) is 54.4 Å². The normalized spacial score (nSPS) is 17.8. The second kappa shape index (κ2) is 6.13. The maximum absolute atomic E-state index is 11.5. The van der Waals surface area contributed by atoms with Gasteiger partial charge < -0.3 is 5.11 Å². The Bertz CT molecular complexity index is 191. The molecule has 0 aliphatic carbocycles. The van der Waals surface area contributed by atoms with Gasteiger partial charge in [0.1, 0.15) is 0 Å². The number of carboxylic acid groups (broad SMARTS) is 1. The van der Waals surface area contributed by atoms with E-state index in [1.54, 1.807) is 6.92 Å². The van der Waals surface area contributed by atoms with Crippen molar-refractivity contribution in [1.82, 2.24) is 0 Å². The molecule has 0 bridgehead atoms. The van der Waals surface area contributed by atoms with Gasteiger partial charge in [0.15, 0.2) is 0 Å². The van der Waals surface area contributed by atoms with Crippen LogP contribution in [0.1, 0.15) is 33.6 Å². The third-order valence-electron chi connectivity index (χ3n) is 2.06. The summed E-state index contributed by atoms with van der Waals surface area (Å²) in [5, 5.41) is 8.26. The lowest BCUT2D eigenvalue weighted by Crippen LogP contribution is -2.20. The standard InChI is InChI=1S/C9H18O3S/c1-4-7(2)6-13(12)8(3)5-9(10)11/h7-8H,4-6H2,1-3H3,(H,10,11). The predicted octanol–water partition coefficient (Wildman–Crippen LogP) is 1.64. The smallest absolute Gasteiger partial charge is 0.304 e. The van der Waals surface area contributed by atoms with Crippen molar-refractivity contribution < 1.29 is 14.1 Å². The van der Waals surface area contributed by atoms with E-state index in [0.717, 1.165) is 6.42 Å². The van der Waals surface area contributed by atoms with Crippen LogP contribution in [0.25, 0.3) is 0 Å². The van der Waals surface area contributed by atoms with Crippen LogP contribution in [-0.4, -0.2) is 26.3 Å². The highest BCUT2D eigenvalue weighted by molar-refractivity contribution is 7.85. The Morgan fingerprint density at radius 2 is 2.00 bits per heavy atom. The third-order valence-corrected chi connectivity index (χ3v) is 4.02. The minimum atomic E-state index is -0.996. The van der Waals surface area contributed by atoms with E-state index in [1.165, 1.54) is 0 Å². The van der Waals surface area contributed by atoms with Crippen LogP contribution in [0.15, 0.2) is 0 Å². The Balaban J connectivity index is 3.89. The highest BCUT2D eigenvalue weighted by Crippen LogP contribution is 2.09. The van der Waals surface area contributed by atoms with Crippen LogP contribution in [0.2, 0.25) is 0 Å². The first-order valence-corrected chi connectivity index (χ1v) is 5.94. The van der Waals surface area contributed by atoms with E-state index in [4.69, 9.17) is 5.11 Å². The lowest BCUT2D eigenvalue weighted by atomic mass is 10.2. The van der Waals surface area contributed by atoms with Gasteiger partial charge in [-0.25, -0.2) is 0 Å². The quantitative estimate of drug-likeness (QED) is 0.719. The van der Waals surface area contributed by atoms with Gasteiger partial charge in [-0.2, -0.15) is 0 Å². The molecule has 3 unspecified atom stereocenters. The summed E-state index contributed by atoms with van der Waals surface area (Å²) >= 11 is 0. The number of carbonyl (C=O) groups is 1. The minimum Gasteiger partial charge on any atom is -0.481 e. The van der Waals surface area contributed by atoms with Crippen molar-refractivity contribution in [2.75, 3.05) is 5.75 Å². The van der Waals surface area contributed by atoms with Crippen molar-refractivity contribution in [2.45, 2.75) is 38.9 Å². The molecule has 13 heavy (non-hydrogen) atoms. The Kier molecular flexibility index (Phi) is 5.95. The average molecular weight is 206 g/mol. The first kappa shape index (κ1) is 12.6. The highest BCUT2D eigenvalue weighted by atomic mass is 32.2. The number of hydrogen-bond donors (Lipinski definition) is 1. The van der Waals surface area contributed by atoms with Crippen molar-refractivity contribution in [3.63, 3.8) is 0 Å². The van der Waals surface area contributed by atoms with Crippen LogP contribution >= 0.6 is 0 Å². The van der Waals surface area contributed by atoms with Gasteiger partial charge in [0.05, 0.1) is 6.42 Å². The lowest BCUT2D eigenvalue weighted by Gasteiger charge is -2.12. The van der Waals surface area contributed by atoms with E-state index in [1.807, 2.05) is 13.8 Å². The molecule has 0 heterocycles. The fourth-order valence-electron chi connectivity index (χ4n) is 0.901. The number of hydrogen-bond acceptors (Lipinski definition) is 2. The predicted molar refractivity (Wildman–Crippen MR) is 54.2 cm³/mol. The molecule has 0 aromatic heterocycles. The van der Waals surface area contributed by atoms with E-state index >= 15 is 0 Å². The molecule has 0 radical (unpaired) electrons. The molecule has 0 aromatic carbocycles. The second-order valence-electron chi connectivity index (χ2n) is 3.47. The molecule has 0 saturated carbocycles. The molecule has 0 rings (SSSR count). The minimum absolute atomic E-state index is 0.00302. The van der Waals surface area contributed by atoms with Gasteiger partial charge in [-0.1, -0.05) is 27.2 Å². The second-order valence-corrected chi connectivity index (χ2v) is 5.37. The Morgan fingerprint density at radius 3 is 2.38 bits per heavy atom. The summed E-state index contributed by atoms with van der Waals surface area (Å²) in [4.78, 5) is 10.3. The molecule has 0 saturated heterocycles. The van der Waals surface area contributed by atoms with Crippen LogP contribution in [0.3, 0.4) is 0 Å². The van der Waals surface area contributed by atoms with Crippen LogP contribution in [-0.2, 0) is 15.6 Å². The molecule has 0 amide bonds. The van der Waals surface area contributed by atoms with Crippen LogP contribution in [0.5, 0.6) is 0 Å². The summed E-state index contributed by atoms with van der Waals surface area (Å²) in [5.74, 6) is 0.160. The molecule has 78 valence electrons. The summed E-state index contributed by atoms with van der Waals surface area (Å²) in [6.07, 6.45) is 0.995. The summed E-state index contributed by atoms with van der Waals surface area (Å²) in [6.45, 7) is 5.81. The Labute approximate surface area is 82.0 Å². The van der Waals surface area contributed by atoms with Crippen molar-refractivity contribution >= 4 is 16.8 Å². The van der Waals surface area contributed by atoms with E-state index in [0.29, 0.717) is 11.7 Å². The zero-order chi connectivity index (χ0) is 10.4. The maximum atomic E-state index is 11.5. The third kappa shape index (κ3) is 5.80. The van der Waals surface area contributed by atoms with E-state index in [2.05, 4.69) is 0 Å². The number of carboxylic acids is 1. The Morgan fingerprint density at radius 1 is 1.46 bits per heavy atom. The van der Waals surface area contributed by atoms with Crippen molar-refractivity contribution in [1.29, 1.82) is 0 Å². The van der Waals surface area contributed by atoms with Crippen LogP contribution < -0.4 is 0 Å². The zero-order valence-electron chi connectivity index (χ0n) is 8.45. The van der Waals surface area contributed by atoms with Crippen LogP contribution in [0.4, 0.5) is 0 Å². The molecule has 0 spiro atoms. The van der Waals surface area contributed by atoms with Crippen molar-refractivity contribution in [2.24, 2.45) is 5.92 Å². The van der Waals surface area contributed by atoms with Crippen molar-refractivity contribution in [3.8, 4) is 0 Å². The van der Waals surface area contributed by atoms with Gasteiger partial charge in [0.2, 0.25) is 0 Å². The van der Waals surface area contributed by atoms with E-state index < -0.39 is 16.8 Å². The molecule has 1 N–H and O–H groups in total. The van der Waals surface area contributed by atoms with Crippen LogP contribution in [0, 0.1) is 5.92 Å². The molecular formula is C9H18O3S. The Hall–Kier alpha value is -0.380. The first-order chi connectivity index (χ1) is 5.97. The van der Waals surface area contributed by atoms with Crippen molar-refractivity contribution in [3.05, 3.63) is 0 Å². The molecular weight excluding hydrogens is 188 g/mol. The SMILES string of the molecule is CCC(C)CS(=O)C(C)CC(=O)O.